The molecule has 0 radical (unpaired) electrons. The summed E-state index contributed by atoms with van der Waals surface area (Å²) in [5, 5.41) is 5.40. The Bertz CT molecular complexity index is 466. The fourth-order valence-corrected chi connectivity index (χ4v) is 3.66. The van der Waals surface area contributed by atoms with E-state index in [0.29, 0.717) is 0 Å². The summed E-state index contributed by atoms with van der Waals surface area (Å²) in [7, 11) is 1.96. The second-order valence-electron chi connectivity index (χ2n) is 3.39. The first-order valence-electron chi connectivity index (χ1n) is 4.84. The molecule has 1 N–H and O–H groups in total. The molecule has 0 bridgehead atoms. The van der Waals surface area contributed by atoms with Crippen LogP contribution >= 0.6 is 43.2 Å². The normalized spacial score (nSPS) is 12.9. The SMILES string of the molecule is CNC(Cc1sccc1Br)c1ccoc1Br. The Kier molecular flexibility index (Phi) is 4.24. The molecule has 0 aromatic carbocycles. The molecule has 0 spiro atoms. The van der Waals surface area contributed by atoms with Crippen LogP contribution in [0.15, 0.2) is 37.3 Å². The Morgan fingerprint density at radius 3 is 2.75 bits per heavy atom. The van der Waals surface area contributed by atoms with Crippen LogP contribution in [0.3, 0.4) is 0 Å². The molecule has 2 aromatic rings. The molecule has 0 fully saturated rings. The molecule has 0 saturated carbocycles. The molecule has 0 aliphatic carbocycles. The summed E-state index contributed by atoms with van der Waals surface area (Å²) < 4.78 is 7.25. The van der Waals surface area contributed by atoms with Gasteiger partial charge in [0.1, 0.15) is 0 Å². The number of hydrogen-bond donors (Lipinski definition) is 1. The minimum Gasteiger partial charge on any atom is -0.457 e. The second-order valence-corrected chi connectivity index (χ2v) is 5.96. The second kappa shape index (κ2) is 5.49. The molecule has 1 atom stereocenters. The standard InChI is InChI=1S/C11H11Br2NOS/c1-14-9(7-2-4-15-11(7)13)6-10-8(12)3-5-16-10/h2-5,9,14H,6H2,1H3. The van der Waals surface area contributed by atoms with Crippen LogP contribution in [0.1, 0.15) is 16.5 Å². The number of thiophene rings is 1. The quantitative estimate of drug-likeness (QED) is 0.871. The van der Waals surface area contributed by atoms with Gasteiger partial charge in [0, 0.05) is 27.4 Å². The summed E-state index contributed by atoms with van der Waals surface area (Å²) in [6.45, 7) is 0. The van der Waals surface area contributed by atoms with E-state index in [1.165, 1.54) is 9.35 Å². The van der Waals surface area contributed by atoms with E-state index in [-0.39, 0.29) is 6.04 Å². The molecule has 2 aromatic heterocycles. The summed E-state index contributed by atoms with van der Waals surface area (Å²) >= 11 is 8.73. The molecule has 2 rings (SSSR count). The van der Waals surface area contributed by atoms with Gasteiger partial charge in [-0.3, -0.25) is 0 Å². The summed E-state index contributed by atoms with van der Waals surface area (Å²) in [5.74, 6) is 0. The first kappa shape index (κ1) is 12.4. The van der Waals surface area contributed by atoms with Gasteiger partial charge in [-0.15, -0.1) is 11.3 Å². The predicted molar refractivity (Wildman–Crippen MR) is 73.9 cm³/mol. The largest absolute Gasteiger partial charge is 0.457 e. The van der Waals surface area contributed by atoms with Crippen LogP contribution < -0.4 is 5.32 Å². The van der Waals surface area contributed by atoms with Crippen molar-refractivity contribution >= 4 is 43.2 Å². The van der Waals surface area contributed by atoms with Crippen LogP contribution in [0.2, 0.25) is 0 Å². The molecule has 0 saturated heterocycles. The number of furan rings is 1. The predicted octanol–water partition coefficient (Wildman–Crippen LogP) is 4.37. The van der Waals surface area contributed by atoms with Crippen molar-refractivity contribution in [2.75, 3.05) is 7.05 Å². The third kappa shape index (κ3) is 2.59. The third-order valence-electron chi connectivity index (χ3n) is 2.45. The van der Waals surface area contributed by atoms with E-state index in [9.17, 15) is 0 Å². The van der Waals surface area contributed by atoms with E-state index in [0.717, 1.165) is 16.7 Å². The van der Waals surface area contributed by atoms with Crippen molar-refractivity contribution in [1.82, 2.24) is 5.32 Å². The van der Waals surface area contributed by atoms with Crippen molar-refractivity contribution < 1.29 is 4.42 Å². The fraction of sp³-hybridized carbons (Fsp3) is 0.273. The highest BCUT2D eigenvalue weighted by atomic mass is 79.9. The zero-order valence-electron chi connectivity index (χ0n) is 8.67. The number of halogens is 2. The summed E-state index contributed by atoms with van der Waals surface area (Å²) in [5.41, 5.74) is 1.16. The van der Waals surface area contributed by atoms with Gasteiger partial charge >= 0.3 is 0 Å². The number of hydrogen-bond acceptors (Lipinski definition) is 3. The van der Waals surface area contributed by atoms with Crippen LogP contribution in [0.4, 0.5) is 0 Å². The average Bonchev–Trinajstić information content (AvgIpc) is 2.85. The number of likely N-dealkylation sites (N-methyl/N-ethyl adjacent to an activating group) is 1. The van der Waals surface area contributed by atoms with E-state index >= 15 is 0 Å². The van der Waals surface area contributed by atoms with Gasteiger partial charge in [0.05, 0.1) is 6.26 Å². The van der Waals surface area contributed by atoms with E-state index in [2.05, 4.69) is 48.6 Å². The lowest BCUT2D eigenvalue weighted by Gasteiger charge is -2.14. The van der Waals surface area contributed by atoms with Crippen molar-refractivity contribution in [2.24, 2.45) is 0 Å². The average molecular weight is 365 g/mol. The Hall–Kier alpha value is -0.100. The van der Waals surface area contributed by atoms with E-state index in [1.54, 1.807) is 17.6 Å². The minimum absolute atomic E-state index is 0.267. The lowest BCUT2D eigenvalue weighted by Crippen LogP contribution is -2.18. The maximum Gasteiger partial charge on any atom is 0.173 e. The topological polar surface area (TPSA) is 25.2 Å². The monoisotopic (exact) mass is 363 g/mol. The van der Waals surface area contributed by atoms with Crippen LogP contribution in [-0.2, 0) is 6.42 Å². The van der Waals surface area contributed by atoms with Crippen molar-refractivity contribution in [3.63, 3.8) is 0 Å². The van der Waals surface area contributed by atoms with Crippen molar-refractivity contribution in [2.45, 2.75) is 12.5 Å². The Labute approximate surface area is 115 Å². The zero-order valence-corrected chi connectivity index (χ0v) is 12.7. The van der Waals surface area contributed by atoms with Crippen LogP contribution in [0.25, 0.3) is 0 Å². The molecule has 2 nitrogen and oxygen atoms in total. The molecule has 0 aliphatic rings. The first-order chi connectivity index (χ1) is 7.72. The van der Waals surface area contributed by atoms with Crippen LogP contribution in [0, 0.1) is 0 Å². The van der Waals surface area contributed by atoms with E-state index in [1.807, 2.05) is 13.1 Å². The minimum atomic E-state index is 0.267. The van der Waals surface area contributed by atoms with Crippen molar-refractivity contribution in [1.29, 1.82) is 0 Å². The lowest BCUT2D eigenvalue weighted by atomic mass is 10.1. The lowest BCUT2D eigenvalue weighted by molar-refractivity contribution is 0.519. The third-order valence-corrected chi connectivity index (χ3v) is 5.04. The summed E-state index contributed by atoms with van der Waals surface area (Å²) in [6.07, 6.45) is 2.65. The molecule has 16 heavy (non-hydrogen) atoms. The van der Waals surface area contributed by atoms with Gasteiger partial charge in [0.15, 0.2) is 4.67 Å². The highest BCUT2D eigenvalue weighted by Gasteiger charge is 2.17. The Balaban J connectivity index is 2.19. The highest BCUT2D eigenvalue weighted by Crippen LogP contribution is 2.31. The van der Waals surface area contributed by atoms with Crippen molar-refractivity contribution in [3.05, 3.63) is 43.4 Å². The maximum atomic E-state index is 5.27. The number of nitrogens with one attached hydrogen (secondary N) is 1. The summed E-state index contributed by atoms with van der Waals surface area (Å²) in [6, 6.07) is 4.34. The molecule has 86 valence electrons. The zero-order chi connectivity index (χ0) is 11.5. The molecule has 2 heterocycles. The van der Waals surface area contributed by atoms with Crippen molar-refractivity contribution in [3.8, 4) is 0 Å². The summed E-state index contributed by atoms with van der Waals surface area (Å²) in [4.78, 5) is 1.34. The molecule has 0 amide bonds. The highest BCUT2D eigenvalue weighted by molar-refractivity contribution is 9.10. The van der Waals surface area contributed by atoms with Crippen LogP contribution in [-0.4, -0.2) is 7.05 Å². The van der Waals surface area contributed by atoms with Gasteiger partial charge in [-0.2, -0.15) is 0 Å². The van der Waals surface area contributed by atoms with E-state index in [4.69, 9.17) is 4.42 Å². The van der Waals surface area contributed by atoms with Gasteiger partial charge < -0.3 is 9.73 Å². The van der Waals surface area contributed by atoms with Gasteiger partial charge in [-0.1, -0.05) is 0 Å². The fourth-order valence-electron chi connectivity index (χ4n) is 1.58. The first-order valence-corrected chi connectivity index (χ1v) is 7.31. The van der Waals surface area contributed by atoms with Gasteiger partial charge in [-0.05, 0) is 56.4 Å². The van der Waals surface area contributed by atoms with Gasteiger partial charge in [0.25, 0.3) is 0 Å². The smallest absolute Gasteiger partial charge is 0.173 e. The van der Waals surface area contributed by atoms with Crippen LogP contribution in [0.5, 0.6) is 0 Å². The van der Waals surface area contributed by atoms with Gasteiger partial charge in [0.2, 0.25) is 0 Å². The van der Waals surface area contributed by atoms with Gasteiger partial charge in [-0.25, -0.2) is 0 Å². The molecule has 0 aliphatic heterocycles. The Morgan fingerprint density at radius 1 is 1.44 bits per heavy atom. The number of rotatable bonds is 4. The molecular weight excluding hydrogens is 354 g/mol. The maximum absolute atomic E-state index is 5.27. The molecular formula is C11H11Br2NOS. The molecule has 5 heteroatoms. The Morgan fingerprint density at radius 2 is 2.25 bits per heavy atom. The molecule has 1 unspecified atom stereocenters. The van der Waals surface area contributed by atoms with E-state index < -0.39 is 0 Å².